The van der Waals surface area contributed by atoms with Crippen LogP contribution in [0.15, 0.2) is 30.6 Å². The fraction of sp³-hybridized carbons (Fsp3) is 0.0833. The van der Waals surface area contributed by atoms with Gasteiger partial charge in [0.1, 0.15) is 0 Å². The van der Waals surface area contributed by atoms with Crippen molar-refractivity contribution in [3.05, 3.63) is 41.2 Å². The van der Waals surface area contributed by atoms with Gasteiger partial charge in [0.2, 0.25) is 5.78 Å². The number of hydrogen-bond donors (Lipinski definition) is 1. The first kappa shape index (κ1) is 10.9. The van der Waals surface area contributed by atoms with Gasteiger partial charge in [0.25, 0.3) is 0 Å². The van der Waals surface area contributed by atoms with E-state index in [0.29, 0.717) is 5.78 Å². The maximum Gasteiger partial charge on any atom is 0.356 e. The smallest absolute Gasteiger partial charge is 0.356 e. The summed E-state index contributed by atoms with van der Waals surface area (Å²) in [7, 11) is 0. The third-order valence-corrected chi connectivity index (χ3v) is 3.60. The second-order valence-electron chi connectivity index (χ2n) is 3.84. The number of carboxylic acids is 1. The van der Waals surface area contributed by atoms with Gasteiger partial charge in [0.15, 0.2) is 5.69 Å². The molecule has 0 atom stereocenters. The molecule has 3 heterocycles. The maximum atomic E-state index is 10.9. The van der Waals surface area contributed by atoms with Gasteiger partial charge in [-0.2, -0.15) is 0 Å². The summed E-state index contributed by atoms with van der Waals surface area (Å²) in [6.45, 7) is 2.03. The molecule has 0 saturated carbocycles. The minimum absolute atomic E-state index is 0.00299. The number of imidazole rings is 1. The summed E-state index contributed by atoms with van der Waals surface area (Å²) in [5, 5.41) is 8.95. The van der Waals surface area contributed by atoms with Crippen molar-refractivity contribution in [1.82, 2.24) is 14.4 Å². The van der Waals surface area contributed by atoms with Crippen molar-refractivity contribution in [3.63, 3.8) is 0 Å². The quantitative estimate of drug-likeness (QED) is 0.767. The Kier molecular flexibility index (Phi) is 2.38. The number of aromatic nitrogens is 3. The molecule has 0 aliphatic heterocycles. The van der Waals surface area contributed by atoms with Crippen molar-refractivity contribution in [2.75, 3.05) is 0 Å². The van der Waals surface area contributed by atoms with Crippen LogP contribution in [0, 0.1) is 6.92 Å². The molecule has 5 nitrogen and oxygen atoms in total. The van der Waals surface area contributed by atoms with E-state index in [0.717, 1.165) is 10.6 Å². The molecular formula is C12H9N3O2S. The maximum absolute atomic E-state index is 10.9. The summed E-state index contributed by atoms with van der Waals surface area (Å²) in [4.78, 5) is 21.2. The number of hydrogen-bond acceptors (Lipinski definition) is 4. The minimum Gasteiger partial charge on any atom is -0.476 e. The molecule has 18 heavy (non-hydrogen) atoms. The minimum atomic E-state index is -1.05. The Morgan fingerprint density at radius 1 is 1.39 bits per heavy atom. The lowest BCUT2D eigenvalue weighted by Gasteiger charge is -2.00. The van der Waals surface area contributed by atoms with Crippen LogP contribution in [0.25, 0.3) is 16.3 Å². The van der Waals surface area contributed by atoms with Crippen LogP contribution >= 0.6 is 11.3 Å². The van der Waals surface area contributed by atoms with Gasteiger partial charge in [-0.05, 0) is 25.1 Å². The number of carbonyl (C=O) groups is 1. The van der Waals surface area contributed by atoms with E-state index >= 15 is 0 Å². The standard InChI is InChI=1S/C12H9N3O2S/c1-7-2-3-10(18-7)9-4-5-13-12-14-8(11(16)17)6-15(9)12/h2-6H,1H3,(H,16,17). The lowest BCUT2D eigenvalue weighted by atomic mass is 10.3. The van der Waals surface area contributed by atoms with Gasteiger partial charge in [-0.1, -0.05) is 0 Å². The molecule has 0 aromatic carbocycles. The molecule has 0 saturated heterocycles. The van der Waals surface area contributed by atoms with Crippen LogP contribution in [-0.4, -0.2) is 25.4 Å². The predicted molar refractivity (Wildman–Crippen MR) is 68.0 cm³/mol. The summed E-state index contributed by atoms with van der Waals surface area (Å²) in [6, 6.07) is 5.89. The first-order valence-corrected chi connectivity index (χ1v) is 6.11. The van der Waals surface area contributed by atoms with E-state index in [9.17, 15) is 4.79 Å². The normalized spacial score (nSPS) is 10.9. The van der Waals surface area contributed by atoms with E-state index in [4.69, 9.17) is 5.11 Å². The number of rotatable bonds is 2. The van der Waals surface area contributed by atoms with E-state index in [1.807, 2.05) is 25.1 Å². The van der Waals surface area contributed by atoms with Crippen LogP contribution in [0.1, 0.15) is 15.4 Å². The highest BCUT2D eigenvalue weighted by Gasteiger charge is 2.13. The number of fused-ring (bicyclic) bond motifs is 1. The Morgan fingerprint density at radius 2 is 2.22 bits per heavy atom. The molecule has 3 rings (SSSR count). The lowest BCUT2D eigenvalue weighted by molar-refractivity contribution is 0.0691. The summed E-state index contributed by atoms with van der Waals surface area (Å²) < 4.78 is 1.70. The van der Waals surface area contributed by atoms with Gasteiger partial charge in [0.05, 0.1) is 10.6 Å². The molecule has 0 fully saturated rings. The number of thiophene rings is 1. The third kappa shape index (κ3) is 1.67. The van der Waals surface area contributed by atoms with Crippen LogP contribution in [0.2, 0.25) is 0 Å². The second-order valence-corrected chi connectivity index (χ2v) is 5.13. The Labute approximate surface area is 106 Å². The first-order chi connectivity index (χ1) is 8.65. The van der Waals surface area contributed by atoms with Crippen molar-refractivity contribution in [2.45, 2.75) is 6.92 Å². The van der Waals surface area contributed by atoms with Crippen molar-refractivity contribution in [1.29, 1.82) is 0 Å². The Balaban J connectivity index is 2.26. The van der Waals surface area contributed by atoms with E-state index in [1.54, 1.807) is 21.9 Å². The van der Waals surface area contributed by atoms with Gasteiger partial charge in [-0.15, -0.1) is 11.3 Å². The topological polar surface area (TPSA) is 67.5 Å². The van der Waals surface area contributed by atoms with Crippen LogP contribution in [0.3, 0.4) is 0 Å². The zero-order valence-corrected chi connectivity index (χ0v) is 10.3. The summed E-state index contributed by atoms with van der Waals surface area (Å²) in [5.41, 5.74) is 0.904. The zero-order chi connectivity index (χ0) is 12.7. The molecule has 1 N–H and O–H groups in total. The highest BCUT2D eigenvalue weighted by atomic mass is 32.1. The molecule has 0 amide bonds. The molecule has 0 bridgehead atoms. The average Bonchev–Trinajstić information content (AvgIpc) is 2.94. The Bertz CT molecular complexity index is 745. The molecule has 0 spiro atoms. The number of nitrogens with zero attached hydrogens (tertiary/aromatic N) is 3. The molecule has 0 aliphatic carbocycles. The van der Waals surface area contributed by atoms with Crippen LogP contribution in [0.4, 0.5) is 0 Å². The summed E-state index contributed by atoms with van der Waals surface area (Å²) in [6.07, 6.45) is 3.13. The Hall–Kier alpha value is -2.21. The van der Waals surface area contributed by atoms with Crippen molar-refractivity contribution in [3.8, 4) is 10.6 Å². The highest BCUT2D eigenvalue weighted by Crippen LogP contribution is 2.27. The Morgan fingerprint density at radius 3 is 2.89 bits per heavy atom. The van der Waals surface area contributed by atoms with Gasteiger partial charge in [-0.3, -0.25) is 4.40 Å². The molecule has 90 valence electrons. The van der Waals surface area contributed by atoms with Gasteiger partial charge < -0.3 is 5.11 Å². The predicted octanol–water partition coefficient (Wildman–Crippen LogP) is 2.46. The van der Waals surface area contributed by atoms with E-state index in [2.05, 4.69) is 9.97 Å². The number of carboxylic acid groups (broad SMARTS) is 1. The highest BCUT2D eigenvalue weighted by molar-refractivity contribution is 7.15. The summed E-state index contributed by atoms with van der Waals surface area (Å²) >= 11 is 1.65. The second kappa shape index (κ2) is 3.92. The summed E-state index contributed by atoms with van der Waals surface area (Å²) in [5.74, 6) is -0.648. The fourth-order valence-corrected chi connectivity index (χ4v) is 2.66. The van der Waals surface area contributed by atoms with Crippen LogP contribution in [-0.2, 0) is 0 Å². The van der Waals surface area contributed by atoms with Gasteiger partial charge in [0, 0.05) is 17.3 Å². The molecular weight excluding hydrogens is 250 g/mol. The lowest BCUT2D eigenvalue weighted by Crippen LogP contribution is -1.95. The van der Waals surface area contributed by atoms with E-state index in [-0.39, 0.29) is 5.69 Å². The van der Waals surface area contributed by atoms with Crippen LogP contribution < -0.4 is 0 Å². The molecule has 3 aromatic heterocycles. The van der Waals surface area contributed by atoms with Crippen LogP contribution in [0.5, 0.6) is 0 Å². The molecule has 0 aliphatic rings. The third-order valence-electron chi connectivity index (χ3n) is 2.58. The molecule has 3 aromatic rings. The van der Waals surface area contributed by atoms with Gasteiger partial charge >= 0.3 is 5.97 Å². The fourth-order valence-electron chi connectivity index (χ4n) is 1.77. The van der Waals surface area contributed by atoms with E-state index in [1.165, 1.54) is 11.1 Å². The molecule has 6 heteroatoms. The van der Waals surface area contributed by atoms with Crippen molar-refractivity contribution < 1.29 is 9.90 Å². The van der Waals surface area contributed by atoms with Gasteiger partial charge in [-0.25, -0.2) is 14.8 Å². The first-order valence-electron chi connectivity index (χ1n) is 5.29. The van der Waals surface area contributed by atoms with Crippen molar-refractivity contribution >= 4 is 23.1 Å². The average molecular weight is 259 g/mol. The zero-order valence-electron chi connectivity index (χ0n) is 9.49. The molecule has 0 unspecified atom stereocenters. The number of aromatic carboxylic acids is 1. The van der Waals surface area contributed by atoms with E-state index < -0.39 is 5.97 Å². The largest absolute Gasteiger partial charge is 0.476 e. The van der Waals surface area contributed by atoms with Crippen molar-refractivity contribution in [2.24, 2.45) is 0 Å². The SMILES string of the molecule is Cc1ccc(-c2ccnc3nc(C(=O)O)cn23)s1. The number of aryl methyl sites for hydroxylation is 1. The molecule has 0 radical (unpaired) electrons. The monoisotopic (exact) mass is 259 g/mol.